The molecule has 5 nitrogen and oxygen atoms in total. The minimum Gasteiger partial charge on any atom is -0.494 e. The van der Waals surface area contributed by atoms with Gasteiger partial charge in [0.05, 0.1) is 12.0 Å². The first-order valence-electron chi connectivity index (χ1n) is 7.07. The van der Waals surface area contributed by atoms with Crippen LogP contribution in [0.4, 0.5) is 4.39 Å². The molecule has 1 atom stereocenters. The van der Waals surface area contributed by atoms with Crippen LogP contribution in [0.25, 0.3) is 0 Å². The highest BCUT2D eigenvalue weighted by molar-refractivity contribution is 7.89. The fourth-order valence-electron chi connectivity index (χ4n) is 2.47. The van der Waals surface area contributed by atoms with E-state index in [1.54, 1.807) is 0 Å². The third kappa shape index (κ3) is 4.39. The summed E-state index contributed by atoms with van der Waals surface area (Å²) >= 11 is 0. The van der Waals surface area contributed by atoms with Crippen LogP contribution in [0.5, 0.6) is 5.75 Å². The van der Waals surface area contributed by atoms with Crippen LogP contribution in [-0.4, -0.2) is 35.2 Å². The molecule has 1 aromatic carbocycles. The molecule has 0 saturated carbocycles. The molecule has 0 aromatic heterocycles. The number of rotatable bonds is 6. The van der Waals surface area contributed by atoms with E-state index in [1.807, 2.05) is 0 Å². The minimum absolute atomic E-state index is 0.0298. The number of sulfonamides is 1. The summed E-state index contributed by atoms with van der Waals surface area (Å²) in [4.78, 5) is -0.0810. The largest absolute Gasteiger partial charge is 0.494 e. The highest BCUT2D eigenvalue weighted by Crippen LogP contribution is 2.20. The van der Waals surface area contributed by atoms with E-state index in [2.05, 4.69) is 10.0 Å². The van der Waals surface area contributed by atoms with Gasteiger partial charge in [0.25, 0.3) is 0 Å². The van der Waals surface area contributed by atoms with Crippen molar-refractivity contribution in [2.45, 2.75) is 24.2 Å². The lowest BCUT2D eigenvalue weighted by molar-refractivity contribution is 0.358. The second-order valence-electron chi connectivity index (χ2n) is 5.20. The third-order valence-electron chi connectivity index (χ3n) is 3.68. The highest BCUT2D eigenvalue weighted by Gasteiger charge is 2.18. The van der Waals surface area contributed by atoms with Gasteiger partial charge in [-0.05, 0) is 56.5 Å². The van der Waals surface area contributed by atoms with E-state index in [9.17, 15) is 12.8 Å². The van der Waals surface area contributed by atoms with Gasteiger partial charge in [-0.1, -0.05) is 0 Å². The van der Waals surface area contributed by atoms with Crippen molar-refractivity contribution < 1.29 is 17.5 Å². The molecule has 7 heteroatoms. The minimum atomic E-state index is -3.67. The molecule has 2 N–H and O–H groups in total. The Bertz CT molecular complexity index is 572. The van der Waals surface area contributed by atoms with Crippen molar-refractivity contribution in [2.75, 3.05) is 26.7 Å². The number of nitrogens with one attached hydrogen (secondary N) is 2. The average Bonchev–Trinajstić information content (AvgIpc) is 2.48. The Balaban J connectivity index is 1.93. The molecule has 0 aliphatic carbocycles. The second-order valence-corrected chi connectivity index (χ2v) is 6.96. The molecule has 1 unspecified atom stereocenters. The fourth-order valence-corrected chi connectivity index (χ4v) is 3.52. The zero-order chi connectivity index (χ0) is 15.3. The van der Waals surface area contributed by atoms with Crippen LogP contribution < -0.4 is 14.8 Å². The van der Waals surface area contributed by atoms with Gasteiger partial charge in [0.2, 0.25) is 10.0 Å². The normalized spacial score (nSPS) is 19.4. The van der Waals surface area contributed by atoms with Crippen molar-refractivity contribution in [3.8, 4) is 5.75 Å². The number of hydrogen-bond acceptors (Lipinski definition) is 4. The van der Waals surface area contributed by atoms with Gasteiger partial charge in [0.1, 0.15) is 0 Å². The molecule has 2 rings (SSSR count). The van der Waals surface area contributed by atoms with Crippen LogP contribution in [0.15, 0.2) is 23.1 Å². The molecule has 1 aromatic rings. The van der Waals surface area contributed by atoms with Crippen molar-refractivity contribution in [3.63, 3.8) is 0 Å². The average molecular weight is 316 g/mol. The van der Waals surface area contributed by atoms with E-state index in [0.29, 0.717) is 12.5 Å². The molecule has 0 radical (unpaired) electrons. The molecule has 1 fully saturated rings. The first kappa shape index (κ1) is 16.2. The Kier molecular flexibility index (Phi) is 5.55. The summed E-state index contributed by atoms with van der Waals surface area (Å²) in [5.41, 5.74) is 0. The molecule has 21 heavy (non-hydrogen) atoms. The predicted molar refractivity (Wildman–Crippen MR) is 78.4 cm³/mol. The van der Waals surface area contributed by atoms with Gasteiger partial charge < -0.3 is 10.1 Å². The van der Waals surface area contributed by atoms with Gasteiger partial charge in [0, 0.05) is 6.54 Å². The van der Waals surface area contributed by atoms with Gasteiger partial charge in [-0.15, -0.1) is 0 Å². The second kappa shape index (κ2) is 7.20. The SMILES string of the molecule is COc1ccc(S(=O)(=O)NCCC2CCCNC2)cc1F. The maximum atomic E-state index is 13.6. The summed E-state index contributed by atoms with van der Waals surface area (Å²) < 4.78 is 45.1. The van der Waals surface area contributed by atoms with Crippen LogP contribution in [0, 0.1) is 11.7 Å². The molecule has 118 valence electrons. The Labute approximate surface area is 124 Å². The first-order chi connectivity index (χ1) is 10.0. The standard InChI is InChI=1S/C14H21FN2O3S/c1-20-14-5-4-12(9-13(14)15)21(18,19)17-8-6-11-3-2-7-16-10-11/h4-5,9,11,16-17H,2-3,6-8,10H2,1H3. The predicted octanol–water partition coefficient (Wildman–Crippen LogP) is 1.50. The Hall–Kier alpha value is -1.18. The molecule has 1 saturated heterocycles. The maximum absolute atomic E-state index is 13.6. The first-order valence-corrected chi connectivity index (χ1v) is 8.55. The molecular weight excluding hydrogens is 295 g/mol. The maximum Gasteiger partial charge on any atom is 0.240 e. The summed E-state index contributed by atoms with van der Waals surface area (Å²) in [6.45, 7) is 2.33. The van der Waals surface area contributed by atoms with E-state index in [0.717, 1.165) is 38.4 Å². The van der Waals surface area contributed by atoms with Crippen molar-refractivity contribution in [2.24, 2.45) is 5.92 Å². The molecular formula is C14H21FN2O3S. The number of methoxy groups -OCH3 is 1. The summed E-state index contributed by atoms with van der Waals surface area (Å²) in [5.74, 6) is -0.159. The highest BCUT2D eigenvalue weighted by atomic mass is 32.2. The van der Waals surface area contributed by atoms with Crippen molar-refractivity contribution in [1.82, 2.24) is 10.0 Å². The number of benzene rings is 1. The van der Waals surface area contributed by atoms with Crippen LogP contribution in [-0.2, 0) is 10.0 Å². The van der Waals surface area contributed by atoms with Gasteiger partial charge in [-0.3, -0.25) is 0 Å². The lowest BCUT2D eigenvalue weighted by atomic mass is 9.96. The Morgan fingerprint density at radius 3 is 2.90 bits per heavy atom. The molecule has 1 heterocycles. The summed E-state index contributed by atoms with van der Waals surface area (Å²) in [6, 6.07) is 3.63. The van der Waals surface area contributed by atoms with Gasteiger partial charge in [-0.2, -0.15) is 0 Å². The molecule has 1 aliphatic rings. The summed E-state index contributed by atoms with van der Waals surface area (Å²) in [5, 5.41) is 3.29. The quantitative estimate of drug-likeness (QED) is 0.835. The van der Waals surface area contributed by atoms with Crippen LogP contribution in [0.2, 0.25) is 0 Å². The number of piperidine rings is 1. The lowest BCUT2D eigenvalue weighted by Gasteiger charge is -2.22. The van der Waals surface area contributed by atoms with Gasteiger partial charge in [0.15, 0.2) is 11.6 Å². The van der Waals surface area contributed by atoms with E-state index in [-0.39, 0.29) is 10.6 Å². The third-order valence-corrected chi connectivity index (χ3v) is 5.14. The van der Waals surface area contributed by atoms with Crippen LogP contribution in [0.3, 0.4) is 0 Å². The van der Waals surface area contributed by atoms with Gasteiger partial charge >= 0.3 is 0 Å². The van der Waals surface area contributed by atoms with E-state index in [4.69, 9.17) is 4.74 Å². The number of hydrogen-bond donors (Lipinski definition) is 2. The van der Waals surface area contributed by atoms with E-state index < -0.39 is 15.8 Å². The van der Waals surface area contributed by atoms with Gasteiger partial charge in [-0.25, -0.2) is 17.5 Å². The Morgan fingerprint density at radius 1 is 1.48 bits per heavy atom. The zero-order valence-corrected chi connectivity index (χ0v) is 12.9. The van der Waals surface area contributed by atoms with Crippen LogP contribution in [0.1, 0.15) is 19.3 Å². The van der Waals surface area contributed by atoms with Crippen LogP contribution >= 0.6 is 0 Å². The molecule has 0 bridgehead atoms. The molecule has 1 aliphatic heterocycles. The number of ether oxygens (including phenoxy) is 1. The topological polar surface area (TPSA) is 67.4 Å². The summed E-state index contributed by atoms with van der Waals surface area (Å²) in [7, 11) is -2.34. The Morgan fingerprint density at radius 2 is 2.29 bits per heavy atom. The lowest BCUT2D eigenvalue weighted by Crippen LogP contribution is -2.33. The van der Waals surface area contributed by atoms with Crippen molar-refractivity contribution >= 4 is 10.0 Å². The molecule has 0 amide bonds. The fraction of sp³-hybridized carbons (Fsp3) is 0.571. The summed E-state index contributed by atoms with van der Waals surface area (Å²) in [6.07, 6.45) is 3.03. The van der Waals surface area contributed by atoms with E-state index in [1.165, 1.54) is 19.2 Å². The van der Waals surface area contributed by atoms with Crippen molar-refractivity contribution in [3.05, 3.63) is 24.0 Å². The van der Waals surface area contributed by atoms with E-state index >= 15 is 0 Å². The van der Waals surface area contributed by atoms with Crippen molar-refractivity contribution in [1.29, 1.82) is 0 Å². The zero-order valence-electron chi connectivity index (χ0n) is 12.1. The smallest absolute Gasteiger partial charge is 0.240 e. The monoisotopic (exact) mass is 316 g/mol. The molecule has 0 spiro atoms. The number of halogens is 1.